The molecule has 15 heavy (non-hydrogen) atoms. The van der Waals surface area contributed by atoms with Crippen molar-refractivity contribution in [2.75, 3.05) is 30.4 Å². The Bertz CT molecular complexity index is 326. The van der Waals surface area contributed by atoms with Crippen molar-refractivity contribution in [2.45, 2.75) is 6.92 Å². The molecular formula is C10H15ClN4. The summed E-state index contributed by atoms with van der Waals surface area (Å²) in [7, 11) is 0. The van der Waals surface area contributed by atoms with E-state index in [-0.39, 0.29) is 5.41 Å². The molecule has 1 aromatic heterocycles. The molecule has 1 saturated heterocycles. The maximum absolute atomic E-state index is 5.90. The molecule has 0 aromatic carbocycles. The van der Waals surface area contributed by atoms with Crippen molar-refractivity contribution in [3.05, 3.63) is 17.8 Å². The summed E-state index contributed by atoms with van der Waals surface area (Å²) in [5, 5.41) is 8.15. The highest BCUT2D eigenvalue weighted by atomic mass is 35.5. The zero-order valence-corrected chi connectivity index (χ0v) is 9.54. The Hall–Kier alpha value is -0.870. The molecular weight excluding hydrogens is 212 g/mol. The van der Waals surface area contributed by atoms with Gasteiger partial charge in [-0.25, -0.2) is 0 Å². The summed E-state index contributed by atoms with van der Waals surface area (Å²) in [6, 6.07) is 3.95. The second-order valence-electron chi connectivity index (χ2n) is 4.23. The Morgan fingerprint density at radius 1 is 1.47 bits per heavy atom. The lowest BCUT2D eigenvalue weighted by Gasteiger charge is -2.49. The molecule has 0 radical (unpaired) electrons. The molecule has 2 rings (SSSR count). The number of alkyl halides is 1. The predicted octanol–water partition coefficient (Wildman–Crippen LogP) is 0.789. The molecule has 5 heteroatoms. The van der Waals surface area contributed by atoms with Gasteiger partial charge in [0, 0.05) is 30.9 Å². The molecule has 1 aliphatic rings. The molecule has 1 fully saturated rings. The number of rotatable bonds is 3. The Morgan fingerprint density at radius 2 is 2.20 bits per heavy atom. The van der Waals surface area contributed by atoms with E-state index in [1.54, 1.807) is 0 Å². The van der Waals surface area contributed by atoms with Crippen LogP contribution in [0.15, 0.2) is 12.1 Å². The largest absolute Gasteiger partial charge is 0.354 e. The SMILES string of the molecule is Cc1ccc(N2CC(CN)(CCl)C2)nn1. The van der Waals surface area contributed by atoms with Crippen LogP contribution in [0.4, 0.5) is 5.82 Å². The van der Waals surface area contributed by atoms with Crippen molar-refractivity contribution >= 4 is 17.4 Å². The van der Waals surface area contributed by atoms with Crippen LogP contribution in [0.5, 0.6) is 0 Å². The predicted molar refractivity (Wildman–Crippen MR) is 61.2 cm³/mol. The van der Waals surface area contributed by atoms with Gasteiger partial charge in [-0.3, -0.25) is 0 Å². The molecule has 1 aliphatic heterocycles. The fraction of sp³-hybridized carbons (Fsp3) is 0.600. The standard InChI is InChI=1S/C10H15ClN4/c1-8-2-3-9(14-13-8)15-6-10(4-11,5-12)7-15/h2-3H,4-7,12H2,1H3. The van der Waals surface area contributed by atoms with Crippen LogP contribution in [0.1, 0.15) is 5.69 Å². The molecule has 0 saturated carbocycles. The lowest BCUT2D eigenvalue weighted by molar-refractivity contribution is 0.257. The monoisotopic (exact) mass is 226 g/mol. The lowest BCUT2D eigenvalue weighted by Crippen LogP contribution is -2.61. The van der Waals surface area contributed by atoms with E-state index in [1.165, 1.54) is 0 Å². The third-order valence-corrected chi connectivity index (χ3v) is 3.44. The average Bonchev–Trinajstić information content (AvgIpc) is 2.20. The third kappa shape index (κ3) is 1.92. The van der Waals surface area contributed by atoms with Gasteiger partial charge in [0.25, 0.3) is 0 Å². The molecule has 0 spiro atoms. The summed E-state index contributed by atoms with van der Waals surface area (Å²) in [6.45, 7) is 4.32. The van der Waals surface area contributed by atoms with E-state index in [4.69, 9.17) is 17.3 Å². The zero-order valence-electron chi connectivity index (χ0n) is 8.78. The van der Waals surface area contributed by atoms with Gasteiger partial charge in [0.15, 0.2) is 5.82 Å². The van der Waals surface area contributed by atoms with Gasteiger partial charge in [-0.1, -0.05) is 0 Å². The van der Waals surface area contributed by atoms with Gasteiger partial charge in [0.1, 0.15) is 0 Å². The smallest absolute Gasteiger partial charge is 0.151 e. The van der Waals surface area contributed by atoms with Crippen LogP contribution >= 0.6 is 11.6 Å². The van der Waals surface area contributed by atoms with E-state index in [2.05, 4.69) is 15.1 Å². The molecule has 0 atom stereocenters. The Kier molecular flexibility index (Phi) is 2.80. The molecule has 0 unspecified atom stereocenters. The molecule has 82 valence electrons. The minimum absolute atomic E-state index is 0.0775. The number of nitrogens with zero attached hydrogens (tertiary/aromatic N) is 3. The number of aromatic nitrogens is 2. The van der Waals surface area contributed by atoms with Crippen molar-refractivity contribution < 1.29 is 0 Å². The van der Waals surface area contributed by atoms with Crippen molar-refractivity contribution in [3.63, 3.8) is 0 Å². The van der Waals surface area contributed by atoms with Crippen LogP contribution in [0.2, 0.25) is 0 Å². The Morgan fingerprint density at radius 3 is 2.67 bits per heavy atom. The van der Waals surface area contributed by atoms with Crippen LogP contribution < -0.4 is 10.6 Å². The van der Waals surface area contributed by atoms with Gasteiger partial charge in [-0.2, -0.15) is 5.10 Å². The first-order chi connectivity index (χ1) is 7.19. The van der Waals surface area contributed by atoms with Gasteiger partial charge >= 0.3 is 0 Å². The normalized spacial score (nSPS) is 18.7. The molecule has 2 heterocycles. The van der Waals surface area contributed by atoms with Crippen LogP contribution in [-0.4, -0.2) is 35.7 Å². The van der Waals surface area contributed by atoms with E-state index >= 15 is 0 Å². The van der Waals surface area contributed by atoms with E-state index in [0.717, 1.165) is 24.6 Å². The highest BCUT2D eigenvalue weighted by molar-refractivity contribution is 6.18. The minimum Gasteiger partial charge on any atom is -0.354 e. The molecule has 0 amide bonds. The van der Waals surface area contributed by atoms with Crippen molar-refractivity contribution in [3.8, 4) is 0 Å². The first-order valence-corrected chi connectivity index (χ1v) is 5.54. The average molecular weight is 227 g/mol. The summed E-state index contributed by atoms with van der Waals surface area (Å²) in [5.41, 5.74) is 6.71. The topological polar surface area (TPSA) is 55.0 Å². The zero-order chi connectivity index (χ0) is 10.9. The number of aryl methyl sites for hydroxylation is 1. The second-order valence-corrected chi connectivity index (χ2v) is 4.49. The van der Waals surface area contributed by atoms with Gasteiger partial charge < -0.3 is 10.6 Å². The Labute approximate surface area is 94.4 Å². The number of hydrogen-bond acceptors (Lipinski definition) is 4. The van der Waals surface area contributed by atoms with E-state index < -0.39 is 0 Å². The first kappa shape index (κ1) is 10.6. The first-order valence-electron chi connectivity index (χ1n) is 5.00. The minimum atomic E-state index is 0.0775. The van der Waals surface area contributed by atoms with Crippen LogP contribution in [0.25, 0.3) is 0 Å². The molecule has 2 N–H and O–H groups in total. The van der Waals surface area contributed by atoms with Gasteiger partial charge in [0.05, 0.1) is 5.69 Å². The quantitative estimate of drug-likeness (QED) is 0.775. The number of hydrogen-bond donors (Lipinski definition) is 1. The summed E-state index contributed by atoms with van der Waals surface area (Å²) in [6.07, 6.45) is 0. The van der Waals surface area contributed by atoms with E-state index in [9.17, 15) is 0 Å². The molecule has 4 nitrogen and oxygen atoms in total. The van der Waals surface area contributed by atoms with Crippen molar-refractivity contribution in [2.24, 2.45) is 11.1 Å². The highest BCUT2D eigenvalue weighted by Gasteiger charge is 2.41. The fourth-order valence-corrected chi connectivity index (χ4v) is 2.03. The van der Waals surface area contributed by atoms with Crippen LogP contribution in [-0.2, 0) is 0 Å². The maximum Gasteiger partial charge on any atom is 0.151 e. The molecule has 1 aromatic rings. The Balaban J connectivity index is 2.02. The molecule has 0 aliphatic carbocycles. The van der Waals surface area contributed by atoms with Crippen molar-refractivity contribution in [1.82, 2.24) is 10.2 Å². The summed E-state index contributed by atoms with van der Waals surface area (Å²) < 4.78 is 0. The van der Waals surface area contributed by atoms with Gasteiger partial charge in [-0.05, 0) is 19.1 Å². The molecule has 0 bridgehead atoms. The fourth-order valence-electron chi connectivity index (χ4n) is 1.75. The van der Waals surface area contributed by atoms with Crippen molar-refractivity contribution in [1.29, 1.82) is 0 Å². The van der Waals surface area contributed by atoms with E-state index in [1.807, 2.05) is 19.1 Å². The lowest BCUT2D eigenvalue weighted by atomic mass is 9.82. The van der Waals surface area contributed by atoms with E-state index in [0.29, 0.717) is 12.4 Å². The maximum atomic E-state index is 5.90. The summed E-state index contributed by atoms with van der Waals surface area (Å²) >= 11 is 5.90. The third-order valence-electron chi connectivity index (χ3n) is 2.88. The number of halogens is 1. The number of anilines is 1. The van der Waals surface area contributed by atoms with Gasteiger partial charge in [0.2, 0.25) is 0 Å². The number of nitrogens with two attached hydrogens (primary N) is 1. The van der Waals surface area contributed by atoms with Crippen LogP contribution in [0.3, 0.4) is 0 Å². The second kappa shape index (κ2) is 3.94. The van der Waals surface area contributed by atoms with Crippen LogP contribution in [0, 0.1) is 12.3 Å². The summed E-state index contributed by atoms with van der Waals surface area (Å²) in [5.74, 6) is 1.52. The summed E-state index contributed by atoms with van der Waals surface area (Å²) in [4.78, 5) is 2.15. The highest BCUT2D eigenvalue weighted by Crippen LogP contribution is 2.33. The van der Waals surface area contributed by atoms with Gasteiger partial charge in [-0.15, -0.1) is 16.7 Å².